The maximum absolute atomic E-state index is 13.0. The lowest BCUT2D eigenvalue weighted by Crippen LogP contribution is -2.21. The summed E-state index contributed by atoms with van der Waals surface area (Å²) in [7, 11) is 1.53. The fraction of sp³-hybridized carbons (Fsp3) is 0.188. The standard InChI is InChI=1S/C16H12F3N3O2S2/c1-22-14(24)9-6-7-25-13(9)21-15(22)26-8-12(23)20-11-5-3-2-4-10(11)16(17,18)19/h2-7H,8H2,1H3,(H,20,23). The number of halogens is 3. The van der Waals surface area contributed by atoms with Gasteiger partial charge in [0.15, 0.2) is 5.16 Å². The van der Waals surface area contributed by atoms with E-state index in [-0.39, 0.29) is 17.0 Å². The molecule has 3 rings (SSSR count). The van der Waals surface area contributed by atoms with Crippen molar-refractivity contribution in [3.63, 3.8) is 0 Å². The molecule has 0 spiro atoms. The molecule has 1 amide bonds. The summed E-state index contributed by atoms with van der Waals surface area (Å²) in [6.45, 7) is 0. The molecule has 0 unspecified atom stereocenters. The Hall–Kier alpha value is -2.33. The van der Waals surface area contributed by atoms with Gasteiger partial charge in [0.25, 0.3) is 5.56 Å². The highest BCUT2D eigenvalue weighted by Gasteiger charge is 2.33. The van der Waals surface area contributed by atoms with Gasteiger partial charge in [0, 0.05) is 7.05 Å². The number of aromatic nitrogens is 2. The second kappa shape index (κ2) is 7.12. The van der Waals surface area contributed by atoms with Gasteiger partial charge in [-0.25, -0.2) is 4.98 Å². The van der Waals surface area contributed by atoms with Gasteiger partial charge in [-0.2, -0.15) is 13.2 Å². The summed E-state index contributed by atoms with van der Waals surface area (Å²) in [6.07, 6.45) is -4.56. The number of hydrogen-bond acceptors (Lipinski definition) is 5. The van der Waals surface area contributed by atoms with E-state index in [2.05, 4.69) is 10.3 Å². The molecule has 10 heteroatoms. The number of alkyl halides is 3. The van der Waals surface area contributed by atoms with E-state index in [0.717, 1.165) is 17.8 Å². The molecule has 2 heterocycles. The van der Waals surface area contributed by atoms with Crippen LogP contribution in [0.4, 0.5) is 18.9 Å². The Bertz CT molecular complexity index is 1030. The summed E-state index contributed by atoms with van der Waals surface area (Å²) in [5, 5.41) is 4.82. The third kappa shape index (κ3) is 3.75. The third-order valence-electron chi connectivity index (χ3n) is 3.50. The minimum atomic E-state index is -4.56. The first-order chi connectivity index (χ1) is 12.3. The molecule has 0 radical (unpaired) electrons. The molecule has 0 atom stereocenters. The third-order valence-corrected chi connectivity index (χ3v) is 5.34. The van der Waals surface area contributed by atoms with Gasteiger partial charge in [-0.15, -0.1) is 11.3 Å². The Balaban J connectivity index is 1.75. The minimum Gasteiger partial charge on any atom is -0.325 e. The molecule has 3 aromatic rings. The highest BCUT2D eigenvalue weighted by molar-refractivity contribution is 7.99. The Kier molecular flexibility index (Phi) is 5.05. The van der Waals surface area contributed by atoms with Crippen molar-refractivity contribution in [1.29, 1.82) is 0 Å². The quantitative estimate of drug-likeness (QED) is 0.536. The molecule has 0 aliphatic heterocycles. The van der Waals surface area contributed by atoms with Crippen LogP contribution in [0, 0.1) is 0 Å². The number of carbonyl (C=O) groups is 1. The van der Waals surface area contributed by atoms with Crippen LogP contribution in [-0.2, 0) is 18.0 Å². The van der Waals surface area contributed by atoms with Crippen molar-refractivity contribution in [3.05, 3.63) is 51.6 Å². The second-order valence-corrected chi connectivity index (χ2v) is 7.12. The number of nitrogens with one attached hydrogen (secondary N) is 1. The average molecular weight is 399 g/mol. The average Bonchev–Trinajstić information content (AvgIpc) is 3.05. The number of benzene rings is 1. The molecule has 0 bridgehead atoms. The summed E-state index contributed by atoms with van der Waals surface area (Å²) < 4.78 is 40.2. The van der Waals surface area contributed by atoms with Crippen LogP contribution in [0.25, 0.3) is 10.2 Å². The van der Waals surface area contributed by atoms with Crippen LogP contribution in [0.5, 0.6) is 0 Å². The predicted molar refractivity (Wildman–Crippen MR) is 95.7 cm³/mol. The zero-order valence-corrected chi connectivity index (χ0v) is 15.0. The van der Waals surface area contributed by atoms with Crippen LogP contribution in [0.15, 0.2) is 45.7 Å². The zero-order chi connectivity index (χ0) is 18.9. The van der Waals surface area contributed by atoms with Gasteiger partial charge in [-0.1, -0.05) is 23.9 Å². The van der Waals surface area contributed by atoms with Crippen molar-refractivity contribution in [1.82, 2.24) is 9.55 Å². The van der Waals surface area contributed by atoms with Crippen LogP contribution < -0.4 is 10.9 Å². The van der Waals surface area contributed by atoms with Crippen LogP contribution in [-0.4, -0.2) is 21.2 Å². The van der Waals surface area contributed by atoms with Crippen molar-refractivity contribution in [2.45, 2.75) is 11.3 Å². The van der Waals surface area contributed by atoms with E-state index in [1.165, 1.54) is 41.2 Å². The lowest BCUT2D eigenvalue weighted by Gasteiger charge is -2.13. The second-order valence-electron chi connectivity index (χ2n) is 5.28. The Morgan fingerprint density at radius 2 is 2.04 bits per heavy atom. The summed E-state index contributed by atoms with van der Waals surface area (Å²) in [5.41, 5.74) is -1.45. The van der Waals surface area contributed by atoms with Gasteiger partial charge in [-0.3, -0.25) is 14.2 Å². The number of fused-ring (bicyclic) bond motifs is 1. The van der Waals surface area contributed by atoms with E-state index in [0.29, 0.717) is 15.4 Å². The van der Waals surface area contributed by atoms with E-state index < -0.39 is 17.6 Å². The van der Waals surface area contributed by atoms with E-state index in [4.69, 9.17) is 0 Å². The van der Waals surface area contributed by atoms with Crippen molar-refractivity contribution >= 4 is 44.9 Å². The van der Waals surface area contributed by atoms with E-state index >= 15 is 0 Å². The number of nitrogens with zero attached hydrogens (tertiary/aromatic N) is 2. The first-order valence-electron chi connectivity index (χ1n) is 7.30. The van der Waals surface area contributed by atoms with Gasteiger partial charge >= 0.3 is 6.18 Å². The summed E-state index contributed by atoms with van der Waals surface area (Å²) in [5.74, 6) is -0.796. The van der Waals surface area contributed by atoms with Gasteiger partial charge in [-0.05, 0) is 23.6 Å². The number of thioether (sulfide) groups is 1. The lowest BCUT2D eigenvalue weighted by atomic mass is 10.1. The first-order valence-corrected chi connectivity index (χ1v) is 9.17. The predicted octanol–water partition coefficient (Wildman–Crippen LogP) is 3.74. The summed E-state index contributed by atoms with van der Waals surface area (Å²) >= 11 is 2.29. The van der Waals surface area contributed by atoms with E-state index in [9.17, 15) is 22.8 Å². The molecule has 0 saturated carbocycles. The Labute approximate surface area is 153 Å². The molecule has 0 aliphatic carbocycles. The first kappa shape index (κ1) is 18.5. The van der Waals surface area contributed by atoms with Gasteiger partial charge < -0.3 is 5.32 Å². The molecule has 26 heavy (non-hydrogen) atoms. The summed E-state index contributed by atoms with van der Waals surface area (Å²) in [6, 6.07) is 6.43. The zero-order valence-electron chi connectivity index (χ0n) is 13.3. The Morgan fingerprint density at radius 3 is 2.77 bits per heavy atom. The summed E-state index contributed by atoms with van der Waals surface area (Å²) in [4.78, 5) is 29.1. The molecule has 0 aliphatic rings. The number of amides is 1. The highest BCUT2D eigenvalue weighted by atomic mass is 32.2. The SMILES string of the molecule is Cn1c(SCC(=O)Nc2ccccc2C(F)(F)F)nc2sccc2c1=O. The number of rotatable bonds is 4. The molecule has 5 nitrogen and oxygen atoms in total. The number of hydrogen-bond donors (Lipinski definition) is 1. The monoisotopic (exact) mass is 399 g/mol. The van der Waals surface area contributed by atoms with E-state index in [1.807, 2.05) is 0 Å². The topological polar surface area (TPSA) is 64.0 Å². The fourth-order valence-corrected chi connectivity index (χ4v) is 3.84. The molecule has 0 saturated heterocycles. The maximum atomic E-state index is 13.0. The number of para-hydroxylation sites is 1. The molecule has 136 valence electrons. The van der Waals surface area contributed by atoms with E-state index in [1.54, 1.807) is 11.4 Å². The molecular weight excluding hydrogens is 387 g/mol. The normalized spacial score (nSPS) is 11.7. The minimum absolute atomic E-state index is 0.177. The maximum Gasteiger partial charge on any atom is 0.418 e. The van der Waals surface area contributed by atoms with Crippen LogP contribution in [0.3, 0.4) is 0 Å². The lowest BCUT2D eigenvalue weighted by molar-refractivity contribution is -0.137. The van der Waals surface area contributed by atoms with Crippen molar-refractivity contribution in [2.24, 2.45) is 7.05 Å². The largest absolute Gasteiger partial charge is 0.418 e. The van der Waals surface area contributed by atoms with Crippen molar-refractivity contribution < 1.29 is 18.0 Å². The fourth-order valence-electron chi connectivity index (χ4n) is 2.26. The highest BCUT2D eigenvalue weighted by Crippen LogP contribution is 2.34. The molecular formula is C16H12F3N3O2S2. The molecule has 2 aromatic heterocycles. The van der Waals surface area contributed by atoms with Gasteiger partial charge in [0.2, 0.25) is 5.91 Å². The molecule has 0 fully saturated rings. The van der Waals surface area contributed by atoms with Crippen molar-refractivity contribution in [2.75, 3.05) is 11.1 Å². The van der Waals surface area contributed by atoms with Crippen LogP contribution >= 0.6 is 23.1 Å². The van der Waals surface area contributed by atoms with Crippen LogP contribution in [0.1, 0.15) is 5.56 Å². The number of carbonyl (C=O) groups excluding carboxylic acids is 1. The number of anilines is 1. The Morgan fingerprint density at radius 1 is 1.31 bits per heavy atom. The molecule has 1 N–H and O–H groups in total. The van der Waals surface area contributed by atoms with Crippen LogP contribution in [0.2, 0.25) is 0 Å². The van der Waals surface area contributed by atoms with Gasteiger partial charge in [0.1, 0.15) is 4.83 Å². The smallest absolute Gasteiger partial charge is 0.325 e. The molecule has 1 aromatic carbocycles. The van der Waals surface area contributed by atoms with Gasteiger partial charge in [0.05, 0.1) is 22.4 Å². The number of thiophene rings is 1. The van der Waals surface area contributed by atoms with Crippen molar-refractivity contribution in [3.8, 4) is 0 Å².